The molecule has 1 amide bonds. The van der Waals surface area contributed by atoms with Gasteiger partial charge in [-0.3, -0.25) is 4.79 Å². The van der Waals surface area contributed by atoms with E-state index in [9.17, 15) is 4.79 Å². The van der Waals surface area contributed by atoms with E-state index in [1.54, 1.807) is 17.5 Å². The van der Waals surface area contributed by atoms with Crippen LogP contribution in [0, 0.1) is 6.92 Å². The molecule has 0 saturated carbocycles. The lowest BCUT2D eigenvalue weighted by atomic mass is 10.1. The molecular weight excluding hydrogens is 338 g/mol. The SMILES string of the molecule is Cc1ccc(-c2nc3cccnc3s2)cc1NC(=O)c1cccs1. The van der Waals surface area contributed by atoms with Gasteiger partial charge in [0.25, 0.3) is 5.91 Å². The number of aryl methyl sites for hydroxylation is 1. The number of pyridine rings is 1. The highest BCUT2D eigenvalue weighted by Crippen LogP contribution is 2.31. The maximum atomic E-state index is 12.3. The third-order valence-electron chi connectivity index (χ3n) is 3.64. The van der Waals surface area contributed by atoms with Crippen LogP contribution in [0.25, 0.3) is 20.9 Å². The number of hydrogen-bond donors (Lipinski definition) is 1. The van der Waals surface area contributed by atoms with E-state index in [1.165, 1.54) is 11.3 Å². The third kappa shape index (κ3) is 2.81. The fraction of sp³-hybridized carbons (Fsp3) is 0.0556. The fourth-order valence-electron chi connectivity index (χ4n) is 2.37. The Labute approximate surface area is 146 Å². The molecule has 0 aliphatic carbocycles. The van der Waals surface area contributed by atoms with Crippen molar-refractivity contribution in [3.63, 3.8) is 0 Å². The number of thiophene rings is 1. The Kier molecular flexibility index (Phi) is 3.84. The van der Waals surface area contributed by atoms with Crippen LogP contribution in [0.4, 0.5) is 5.69 Å². The van der Waals surface area contributed by atoms with E-state index >= 15 is 0 Å². The van der Waals surface area contributed by atoms with Gasteiger partial charge in [-0.2, -0.15) is 0 Å². The Balaban J connectivity index is 1.69. The van der Waals surface area contributed by atoms with Crippen molar-refractivity contribution in [3.05, 3.63) is 64.5 Å². The van der Waals surface area contributed by atoms with Gasteiger partial charge in [0.2, 0.25) is 0 Å². The van der Waals surface area contributed by atoms with Crippen LogP contribution in [0.2, 0.25) is 0 Å². The zero-order chi connectivity index (χ0) is 16.5. The lowest BCUT2D eigenvalue weighted by Gasteiger charge is -2.09. The number of nitrogens with one attached hydrogen (secondary N) is 1. The van der Waals surface area contributed by atoms with Crippen molar-refractivity contribution in [1.29, 1.82) is 0 Å². The maximum Gasteiger partial charge on any atom is 0.265 e. The summed E-state index contributed by atoms with van der Waals surface area (Å²) in [5, 5.41) is 5.78. The van der Waals surface area contributed by atoms with Gasteiger partial charge in [0.05, 0.1) is 4.88 Å². The second-order valence-electron chi connectivity index (χ2n) is 5.31. The highest BCUT2D eigenvalue weighted by molar-refractivity contribution is 7.21. The largest absolute Gasteiger partial charge is 0.321 e. The molecule has 0 spiro atoms. The van der Waals surface area contributed by atoms with Gasteiger partial charge in [-0.1, -0.05) is 29.5 Å². The van der Waals surface area contributed by atoms with Crippen LogP contribution in [0.5, 0.6) is 0 Å². The average molecular weight is 351 g/mol. The van der Waals surface area contributed by atoms with Crippen molar-refractivity contribution in [2.24, 2.45) is 0 Å². The monoisotopic (exact) mass is 351 g/mol. The molecule has 1 aromatic carbocycles. The Morgan fingerprint density at radius 2 is 2.08 bits per heavy atom. The maximum absolute atomic E-state index is 12.3. The lowest BCUT2D eigenvalue weighted by Crippen LogP contribution is -2.11. The summed E-state index contributed by atoms with van der Waals surface area (Å²) in [5.74, 6) is -0.0868. The number of fused-ring (bicyclic) bond motifs is 1. The van der Waals surface area contributed by atoms with Crippen molar-refractivity contribution in [3.8, 4) is 10.6 Å². The van der Waals surface area contributed by atoms with Gasteiger partial charge in [0, 0.05) is 17.4 Å². The number of carbonyl (C=O) groups excluding carboxylic acids is 1. The fourth-order valence-corrected chi connectivity index (χ4v) is 3.90. The van der Waals surface area contributed by atoms with Gasteiger partial charge in [-0.25, -0.2) is 9.97 Å². The Bertz CT molecular complexity index is 989. The number of benzene rings is 1. The molecule has 4 rings (SSSR count). The van der Waals surface area contributed by atoms with Crippen LogP contribution in [-0.4, -0.2) is 15.9 Å². The first-order chi connectivity index (χ1) is 11.7. The number of hydrogen-bond acceptors (Lipinski definition) is 5. The molecule has 0 saturated heterocycles. The molecule has 0 atom stereocenters. The van der Waals surface area contributed by atoms with E-state index in [0.717, 1.165) is 32.2 Å². The minimum Gasteiger partial charge on any atom is -0.321 e. The van der Waals surface area contributed by atoms with Crippen molar-refractivity contribution in [2.75, 3.05) is 5.32 Å². The molecule has 0 unspecified atom stereocenters. The average Bonchev–Trinajstić information content (AvgIpc) is 3.26. The van der Waals surface area contributed by atoms with E-state index in [-0.39, 0.29) is 5.91 Å². The van der Waals surface area contributed by atoms with E-state index < -0.39 is 0 Å². The van der Waals surface area contributed by atoms with Crippen molar-refractivity contribution in [2.45, 2.75) is 6.92 Å². The van der Waals surface area contributed by atoms with Crippen LogP contribution in [0.1, 0.15) is 15.2 Å². The van der Waals surface area contributed by atoms with Crippen LogP contribution in [-0.2, 0) is 0 Å². The molecule has 24 heavy (non-hydrogen) atoms. The number of nitrogens with zero attached hydrogens (tertiary/aromatic N) is 2. The number of anilines is 1. The van der Waals surface area contributed by atoms with Gasteiger partial charge < -0.3 is 5.32 Å². The molecule has 3 aromatic heterocycles. The van der Waals surface area contributed by atoms with Gasteiger partial charge in [-0.15, -0.1) is 11.3 Å². The summed E-state index contributed by atoms with van der Waals surface area (Å²) in [4.78, 5) is 22.9. The summed E-state index contributed by atoms with van der Waals surface area (Å²) in [5.41, 5.74) is 3.69. The molecule has 3 heterocycles. The molecular formula is C18H13N3OS2. The molecule has 0 bridgehead atoms. The van der Waals surface area contributed by atoms with Gasteiger partial charge in [0.15, 0.2) is 0 Å². The minimum absolute atomic E-state index is 0.0868. The Morgan fingerprint density at radius 1 is 1.17 bits per heavy atom. The molecule has 118 valence electrons. The van der Waals surface area contributed by atoms with Gasteiger partial charge in [0.1, 0.15) is 15.4 Å². The zero-order valence-corrected chi connectivity index (χ0v) is 14.4. The van der Waals surface area contributed by atoms with E-state index in [4.69, 9.17) is 0 Å². The smallest absolute Gasteiger partial charge is 0.265 e. The van der Waals surface area contributed by atoms with E-state index in [1.807, 2.05) is 54.8 Å². The number of thiazole rings is 1. The first-order valence-corrected chi connectivity index (χ1v) is 9.08. The topological polar surface area (TPSA) is 54.9 Å². The number of carbonyl (C=O) groups is 1. The quantitative estimate of drug-likeness (QED) is 0.566. The van der Waals surface area contributed by atoms with E-state index in [2.05, 4.69) is 15.3 Å². The predicted octanol–water partition coefficient (Wildman–Crippen LogP) is 4.98. The molecule has 0 aliphatic rings. The molecule has 0 radical (unpaired) electrons. The first kappa shape index (κ1) is 15.0. The third-order valence-corrected chi connectivity index (χ3v) is 5.54. The van der Waals surface area contributed by atoms with Gasteiger partial charge in [-0.05, 0) is 42.1 Å². The Morgan fingerprint density at radius 3 is 2.88 bits per heavy atom. The predicted molar refractivity (Wildman–Crippen MR) is 99.9 cm³/mol. The van der Waals surface area contributed by atoms with Crippen LogP contribution >= 0.6 is 22.7 Å². The minimum atomic E-state index is -0.0868. The summed E-state index contributed by atoms with van der Waals surface area (Å²) in [7, 11) is 0. The number of amides is 1. The van der Waals surface area contributed by atoms with Crippen molar-refractivity contribution < 1.29 is 4.79 Å². The summed E-state index contributed by atoms with van der Waals surface area (Å²) < 4.78 is 0. The summed E-state index contributed by atoms with van der Waals surface area (Å²) in [6, 6.07) is 13.5. The summed E-state index contributed by atoms with van der Waals surface area (Å²) in [6.45, 7) is 1.98. The van der Waals surface area contributed by atoms with Gasteiger partial charge >= 0.3 is 0 Å². The summed E-state index contributed by atoms with van der Waals surface area (Å²) >= 11 is 2.98. The molecule has 1 N–H and O–H groups in total. The highest BCUT2D eigenvalue weighted by atomic mass is 32.1. The lowest BCUT2D eigenvalue weighted by molar-refractivity contribution is 0.103. The van der Waals surface area contributed by atoms with Crippen LogP contribution in [0.15, 0.2) is 54.0 Å². The molecule has 0 fully saturated rings. The zero-order valence-electron chi connectivity index (χ0n) is 12.8. The second-order valence-corrected chi connectivity index (χ2v) is 7.23. The van der Waals surface area contributed by atoms with Crippen molar-refractivity contribution >= 4 is 44.6 Å². The first-order valence-electron chi connectivity index (χ1n) is 7.38. The number of aromatic nitrogens is 2. The highest BCUT2D eigenvalue weighted by Gasteiger charge is 2.12. The normalized spacial score (nSPS) is 10.9. The standard InChI is InChI=1S/C18H13N3OS2/c1-11-6-7-12(17-21-13-4-2-8-19-18(13)24-17)10-14(11)20-16(22)15-5-3-9-23-15/h2-10H,1H3,(H,20,22). The Hall–Kier alpha value is -2.57. The molecule has 4 aromatic rings. The van der Waals surface area contributed by atoms with Crippen LogP contribution < -0.4 is 5.32 Å². The number of rotatable bonds is 3. The molecule has 0 aliphatic heterocycles. The second kappa shape index (κ2) is 6.14. The summed E-state index contributed by atoms with van der Waals surface area (Å²) in [6.07, 6.45) is 1.77. The van der Waals surface area contributed by atoms with Crippen molar-refractivity contribution in [1.82, 2.24) is 9.97 Å². The van der Waals surface area contributed by atoms with Crippen LogP contribution in [0.3, 0.4) is 0 Å². The van der Waals surface area contributed by atoms with E-state index in [0.29, 0.717) is 4.88 Å². The molecule has 4 nitrogen and oxygen atoms in total. The molecule has 6 heteroatoms.